The molecule has 0 radical (unpaired) electrons. The molecule has 0 spiro atoms. The SMILES string of the molecule is Cc1c(OI)cncc1-c1cc2c(c[n+]1C)-c1ccccc1-c1ccccc1-c1ccccc1-2. The highest BCUT2D eigenvalue weighted by molar-refractivity contribution is 14.1. The van der Waals surface area contributed by atoms with Crippen LogP contribution < -0.4 is 7.63 Å². The molecule has 0 unspecified atom stereocenters. The van der Waals surface area contributed by atoms with Crippen LogP contribution >= 0.6 is 23.0 Å². The van der Waals surface area contributed by atoms with Gasteiger partial charge in [-0.05, 0) is 40.3 Å². The van der Waals surface area contributed by atoms with Gasteiger partial charge in [-0.3, -0.25) is 4.98 Å². The van der Waals surface area contributed by atoms with Gasteiger partial charge >= 0.3 is 0 Å². The first-order chi connectivity index (χ1) is 16.7. The maximum Gasteiger partial charge on any atom is 0.214 e. The van der Waals surface area contributed by atoms with Gasteiger partial charge in [-0.2, -0.15) is 0 Å². The lowest BCUT2D eigenvalue weighted by Crippen LogP contribution is -2.31. The Morgan fingerprint density at radius 3 is 1.62 bits per heavy atom. The summed E-state index contributed by atoms with van der Waals surface area (Å²) < 4.78 is 7.74. The summed E-state index contributed by atoms with van der Waals surface area (Å²) >= 11 is 1.92. The van der Waals surface area contributed by atoms with Gasteiger partial charge in [0.2, 0.25) is 5.69 Å². The van der Waals surface area contributed by atoms with E-state index in [0.29, 0.717) is 0 Å². The highest BCUT2D eigenvalue weighted by Crippen LogP contribution is 2.47. The number of halogens is 1. The predicted molar refractivity (Wildman–Crippen MR) is 146 cm³/mol. The molecule has 5 aromatic rings. The highest BCUT2D eigenvalue weighted by atomic mass is 127. The van der Waals surface area contributed by atoms with Crippen LogP contribution in [0.15, 0.2) is 97.5 Å². The van der Waals surface area contributed by atoms with Crippen LogP contribution in [0.4, 0.5) is 0 Å². The minimum Gasteiger partial charge on any atom is -0.426 e. The maximum atomic E-state index is 5.54. The standard InChI is InChI=1S/C30H22IN2O/c1-19-27(16-32-17-30(19)34-31)29-15-26-24-13-7-5-11-22(24)20-9-3-4-10-21(20)23-12-6-8-14-25(23)28(26)18-33(29)2/h3-18H,1-2H3/q+1. The van der Waals surface area contributed by atoms with Gasteiger partial charge in [0.1, 0.15) is 7.05 Å². The van der Waals surface area contributed by atoms with Crippen LogP contribution in [0.2, 0.25) is 0 Å². The van der Waals surface area contributed by atoms with Crippen molar-refractivity contribution in [2.24, 2.45) is 7.05 Å². The molecule has 6 rings (SSSR count). The normalized spacial score (nSPS) is 11.4. The van der Waals surface area contributed by atoms with Crippen LogP contribution in [0.1, 0.15) is 5.56 Å². The van der Waals surface area contributed by atoms with Crippen molar-refractivity contribution in [2.45, 2.75) is 6.92 Å². The van der Waals surface area contributed by atoms with E-state index in [9.17, 15) is 0 Å². The summed E-state index contributed by atoms with van der Waals surface area (Å²) in [5.74, 6) is 0.782. The molecule has 2 aromatic heterocycles. The van der Waals surface area contributed by atoms with Gasteiger partial charge in [-0.25, -0.2) is 4.57 Å². The van der Waals surface area contributed by atoms with E-state index in [1.165, 1.54) is 44.5 Å². The lowest BCUT2D eigenvalue weighted by Gasteiger charge is -2.22. The van der Waals surface area contributed by atoms with Crippen molar-refractivity contribution in [1.82, 2.24) is 4.98 Å². The number of nitrogens with zero attached hydrogens (tertiary/aromatic N) is 2. The molecule has 0 N–H and O–H groups in total. The van der Waals surface area contributed by atoms with Crippen LogP contribution in [0.5, 0.6) is 5.75 Å². The summed E-state index contributed by atoms with van der Waals surface area (Å²) in [6.07, 6.45) is 5.95. The van der Waals surface area contributed by atoms with E-state index in [1.807, 2.05) is 29.2 Å². The third kappa shape index (κ3) is 3.24. The second kappa shape index (κ2) is 8.37. The molecule has 0 atom stereocenters. The molecule has 2 heterocycles. The summed E-state index contributed by atoms with van der Waals surface area (Å²) in [7, 11) is 2.11. The summed E-state index contributed by atoms with van der Waals surface area (Å²) in [6.45, 7) is 2.08. The third-order valence-corrected chi connectivity index (χ3v) is 7.22. The average Bonchev–Trinajstić information content (AvgIpc) is 2.88. The quantitative estimate of drug-likeness (QED) is 0.163. The summed E-state index contributed by atoms with van der Waals surface area (Å²) in [5.41, 5.74) is 13.1. The van der Waals surface area contributed by atoms with E-state index in [1.54, 1.807) is 6.20 Å². The van der Waals surface area contributed by atoms with E-state index in [4.69, 9.17) is 3.07 Å². The molecule has 4 heteroatoms. The van der Waals surface area contributed by atoms with E-state index < -0.39 is 0 Å². The Labute approximate surface area is 213 Å². The number of pyridine rings is 2. The van der Waals surface area contributed by atoms with Crippen molar-refractivity contribution in [3.8, 4) is 61.5 Å². The zero-order valence-electron chi connectivity index (χ0n) is 18.9. The molecule has 0 saturated heterocycles. The Hall–Kier alpha value is -3.51. The van der Waals surface area contributed by atoms with E-state index in [-0.39, 0.29) is 0 Å². The minimum atomic E-state index is 0.782. The number of hydrogen-bond acceptors (Lipinski definition) is 2. The van der Waals surface area contributed by atoms with Crippen LogP contribution in [0, 0.1) is 6.92 Å². The summed E-state index contributed by atoms with van der Waals surface area (Å²) in [4.78, 5) is 4.45. The Morgan fingerprint density at radius 1 is 0.647 bits per heavy atom. The number of fused-ring (bicyclic) bond motifs is 8. The third-order valence-electron chi connectivity index (χ3n) is 6.74. The summed E-state index contributed by atoms with van der Waals surface area (Å²) in [5, 5.41) is 0. The number of aromatic nitrogens is 2. The Balaban J connectivity index is 1.73. The van der Waals surface area contributed by atoms with Gasteiger partial charge < -0.3 is 3.07 Å². The van der Waals surface area contributed by atoms with Gasteiger partial charge in [0, 0.05) is 23.4 Å². The Bertz CT molecular complexity index is 1570. The van der Waals surface area contributed by atoms with Crippen molar-refractivity contribution in [2.75, 3.05) is 0 Å². The molecule has 3 nitrogen and oxygen atoms in total. The zero-order chi connectivity index (χ0) is 23.2. The molecule has 1 aliphatic carbocycles. The van der Waals surface area contributed by atoms with Crippen molar-refractivity contribution in [3.63, 3.8) is 0 Å². The van der Waals surface area contributed by atoms with Crippen molar-refractivity contribution in [3.05, 3.63) is 103 Å². The van der Waals surface area contributed by atoms with Gasteiger partial charge in [0.25, 0.3) is 0 Å². The van der Waals surface area contributed by atoms with Crippen LogP contribution in [0.3, 0.4) is 0 Å². The lowest BCUT2D eigenvalue weighted by atomic mass is 9.81. The van der Waals surface area contributed by atoms with E-state index in [2.05, 4.69) is 109 Å². The first kappa shape index (κ1) is 21.1. The van der Waals surface area contributed by atoms with Crippen molar-refractivity contribution in [1.29, 1.82) is 0 Å². The van der Waals surface area contributed by atoms with Gasteiger partial charge in [-0.1, -0.05) is 72.8 Å². The average molecular weight is 553 g/mol. The van der Waals surface area contributed by atoms with Crippen molar-refractivity contribution >= 4 is 23.0 Å². The first-order valence-corrected chi connectivity index (χ1v) is 12.1. The monoisotopic (exact) mass is 553 g/mol. The second-order valence-corrected chi connectivity index (χ2v) is 9.06. The molecular formula is C30H22IN2O+. The molecular weight excluding hydrogens is 531 g/mol. The van der Waals surface area contributed by atoms with Crippen LogP contribution in [-0.4, -0.2) is 4.98 Å². The van der Waals surface area contributed by atoms with Gasteiger partial charge in [-0.15, -0.1) is 0 Å². The fourth-order valence-corrected chi connectivity index (χ4v) is 5.50. The molecule has 0 bridgehead atoms. The van der Waals surface area contributed by atoms with Crippen LogP contribution in [0.25, 0.3) is 55.8 Å². The topological polar surface area (TPSA) is 26.0 Å². The van der Waals surface area contributed by atoms with Crippen LogP contribution in [-0.2, 0) is 7.05 Å². The number of aryl methyl sites for hydroxylation is 1. The smallest absolute Gasteiger partial charge is 0.214 e. The molecule has 1 aliphatic rings. The minimum absolute atomic E-state index is 0.782. The fourth-order valence-electron chi connectivity index (χ4n) is 5.05. The fraction of sp³-hybridized carbons (Fsp3) is 0.0667. The molecule has 0 amide bonds. The molecule has 0 aliphatic heterocycles. The molecule has 0 fully saturated rings. The highest BCUT2D eigenvalue weighted by Gasteiger charge is 2.26. The lowest BCUT2D eigenvalue weighted by molar-refractivity contribution is -0.659. The maximum absolute atomic E-state index is 5.54. The number of benzene rings is 3. The number of rotatable bonds is 2. The molecule has 164 valence electrons. The Morgan fingerprint density at radius 2 is 1.12 bits per heavy atom. The van der Waals surface area contributed by atoms with Gasteiger partial charge in [0.05, 0.1) is 17.3 Å². The molecule has 0 saturated carbocycles. The Kier molecular flexibility index (Phi) is 5.18. The largest absolute Gasteiger partial charge is 0.426 e. The molecule has 34 heavy (non-hydrogen) atoms. The van der Waals surface area contributed by atoms with Gasteiger partial charge in [0.15, 0.2) is 35.0 Å². The number of hydrogen-bond donors (Lipinski definition) is 0. The second-order valence-electron chi connectivity index (χ2n) is 8.62. The first-order valence-electron chi connectivity index (χ1n) is 11.2. The van der Waals surface area contributed by atoms with Crippen molar-refractivity contribution < 1.29 is 7.63 Å². The van der Waals surface area contributed by atoms with E-state index >= 15 is 0 Å². The van der Waals surface area contributed by atoms with E-state index in [0.717, 1.165) is 22.6 Å². The molecule has 3 aromatic carbocycles. The predicted octanol–water partition coefficient (Wildman–Crippen LogP) is 7.59. The zero-order valence-corrected chi connectivity index (χ0v) is 21.1. The summed E-state index contributed by atoms with van der Waals surface area (Å²) in [6, 6.07) is 28.5.